The van der Waals surface area contributed by atoms with Crippen LogP contribution in [0.25, 0.3) is 0 Å². The average molecular weight is 230 g/mol. The van der Waals surface area contributed by atoms with Gasteiger partial charge < -0.3 is 10.6 Å². The van der Waals surface area contributed by atoms with Gasteiger partial charge in [0, 0.05) is 12.1 Å². The molecule has 0 radical (unpaired) electrons. The summed E-state index contributed by atoms with van der Waals surface area (Å²) < 4.78 is 0. The molecule has 1 fully saturated rings. The number of hydrogen-bond acceptors (Lipinski definition) is 2. The van der Waals surface area contributed by atoms with Gasteiger partial charge in [0.1, 0.15) is 0 Å². The Morgan fingerprint density at radius 1 is 1.47 bits per heavy atom. The molecule has 0 aromatic rings. The summed E-state index contributed by atoms with van der Waals surface area (Å²) in [5, 5.41) is 6.01. The number of rotatable bonds is 5. The van der Waals surface area contributed by atoms with Crippen LogP contribution >= 0.6 is 11.8 Å². The molecule has 0 aromatic carbocycles. The summed E-state index contributed by atoms with van der Waals surface area (Å²) in [4.78, 5) is 11.5. The summed E-state index contributed by atoms with van der Waals surface area (Å²) >= 11 is 1.82. The summed E-state index contributed by atoms with van der Waals surface area (Å²) in [6, 6.07) is 0.701. The number of nitrogens with one attached hydrogen (secondary N) is 2. The zero-order chi connectivity index (χ0) is 11.1. The highest BCUT2D eigenvalue weighted by Crippen LogP contribution is 2.17. The first-order valence-electron chi connectivity index (χ1n) is 5.78. The first-order chi connectivity index (χ1) is 7.22. The van der Waals surface area contributed by atoms with E-state index in [0.29, 0.717) is 6.04 Å². The number of hydrogen-bond donors (Lipinski definition) is 2. The van der Waals surface area contributed by atoms with Crippen LogP contribution in [-0.4, -0.2) is 30.1 Å². The maximum Gasteiger partial charge on any atom is 0.315 e. The van der Waals surface area contributed by atoms with Crippen molar-refractivity contribution in [1.82, 2.24) is 10.6 Å². The third-order valence-corrected chi connectivity index (χ3v) is 3.47. The van der Waals surface area contributed by atoms with Crippen LogP contribution in [0.1, 0.15) is 39.0 Å². The molecule has 1 rings (SSSR count). The molecule has 1 unspecified atom stereocenters. The SMILES string of the molecule is CSCCC(C)NC(=O)NC1CCCC1. The van der Waals surface area contributed by atoms with Gasteiger partial charge in [0.15, 0.2) is 0 Å². The van der Waals surface area contributed by atoms with Crippen LogP contribution in [0, 0.1) is 0 Å². The van der Waals surface area contributed by atoms with Gasteiger partial charge in [0.2, 0.25) is 0 Å². The molecule has 0 aliphatic heterocycles. The molecule has 2 N–H and O–H groups in total. The lowest BCUT2D eigenvalue weighted by molar-refractivity contribution is 0.233. The summed E-state index contributed by atoms with van der Waals surface area (Å²) in [6.45, 7) is 2.06. The van der Waals surface area contributed by atoms with Crippen LogP contribution in [0.4, 0.5) is 4.79 Å². The maximum atomic E-state index is 11.5. The monoisotopic (exact) mass is 230 g/mol. The van der Waals surface area contributed by atoms with Crippen molar-refractivity contribution in [2.45, 2.75) is 51.1 Å². The largest absolute Gasteiger partial charge is 0.336 e. The van der Waals surface area contributed by atoms with Gasteiger partial charge in [-0.3, -0.25) is 0 Å². The second-order valence-electron chi connectivity index (χ2n) is 4.28. The van der Waals surface area contributed by atoms with Gasteiger partial charge in [-0.15, -0.1) is 0 Å². The summed E-state index contributed by atoms with van der Waals surface area (Å²) in [5.41, 5.74) is 0. The molecule has 0 spiro atoms. The molecule has 88 valence electrons. The van der Waals surface area contributed by atoms with Crippen LogP contribution in [0.15, 0.2) is 0 Å². The average Bonchev–Trinajstić information content (AvgIpc) is 2.67. The van der Waals surface area contributed by atoms with Gasteiger partial charge in [-0.25, -0.2) is 4.79 Å². The van der Waals surface area contributed by atoms with E-state index in [4.69, 9.17) is 0 Å². The zero-order valence-corrected chi connectivity index (χ0v) is 10.5. The molecule has 1 aliphatic rings. The van der Waals surface area contributed by atoms with E-state index in [1.165, 1.54) is 12.8 Å². The minimum absolute atomic E-state index is 0.00973. The van der Waals surface area contributed by atoms with Gasteiger partial charge in [-0.1, -0.05) is 12.8 Å². The van der Waals surface area contributed by atoms with E-state index in [1.807, 2.05) is 11.8 Å². The quantitative estimate of drug-likeness (QED) is 0.761. The van der Waals surface area contributed by atoms with Crippen LogP contribution < -0.4 is 10.6 Å². The highest BCUT2D eigenvalue weighted by Gasteiger charge is 2.17. The second kappa shape index (κ2) is 6.99. The smallest absolute Gasteiger partial charge is 0.315 e. The molecule has 4 heteroatoms. The molecule has 0 heterocycles. The molecule has 0 aromatic heterocycles. The van der Waals surface area contributed by atoms with Crippen LogP contribution in [0.3, 0.4) is 0 Å². The van der Waals surface area contributed by atoms with Crippen LogP contribution in [0.2, 0.25) is 0 Å². The van der Waals surface area contributed by atoms with Crippen molar-refractivity contribution in [3.8, 4) is 0 Å². The van der Waals surface area contributed by atoms with Gasteiger partial charge in [-0.2, -0.15) is 11.8 Å². The fourth-order valence-electron chi connectivity index (χ4n) is 1.89. The Kier molecular flexibility index (Phi) is 5.91. The Hall–Kier alpha value is -0.380. The predicted molar refractivity (Wildman–Crippen MR) is 66.4 cm³/mol. The van der Waals surface area contributed by atoms with Gasteiger partial charge in [0.05, 0.1) is 0 Å². The molecule has 0 saturated heterocycles. The lowest BCUT2D eigenvalue weighted by Crippen LogP contribution is -2.44. The van der Waals surface area contributed by atoms with Crippen LogP contribution in [-0.2, 0) is 0 Å². The van der Waals surface area contributed by atoms with Gasteiger partial charge in [0.25, 0.3) is 0 Å². The summed E-state index contributed by atoms with van der Waals surface area (Å²) in [5.74, 6) is 1.10. The molecule has 1 aliphatic carbocycles. The van der Waals surface area contributed by atoms with Crippen molar-refractivity contribution >= 4 is 17.8 Å². The van der Waals surface area contributed by atoms with Gasteiger partial charge in [-0.05, 0) is 38.2 Å². The molecule has 1 atom stereocenters. The third-order valence-electron chi connectivity index (χ3n) is 2.82. The first kappa shape index (κ1) is 12.7. The Morgan fingerprint density at radius 3 is 2.73 bits per heavy atom. The van der Waals surface area contributed by atoms with E-state index in [2.05, 4.69) is 23.8 Å². The highest BCUT2D eigenvalue weighted by atomic mass is 32.2. The van der Waals surface area contributed by atoms with E-state index in [9.17, 15) is 4.79 Å². The highest BCUT2D eigenvalue weighted by molar-refractivity contribution is 7.98. The Morgan fingerprint density at radius 2 is 2.13 bits per heavy atom. The van der Waals surface area contributed by atoms with Crippen molar-refractivity contribution in [2.75, 3.05) is 12.0 Å². The Balaban J connectivity index is 2.11. The van der Waals surface area contributed by atoms with Crippen molar-refractivity contribution < 1.29 is 4.79 Å². The van der Waals surface area contributed by atoms with Crippen molar-refractivity contribution in [3.63, 3.8) is 0 Å². The van der Waals surface area contributed by atoms with Crippen molar-refractivity contribution in [2.24, 2.45) is 0 Å². The summed E-state index contributed by atoms with van der Waals surface area (Å²) in [7, 11) is 0. The number of amides is 2. The Bertz CT molecular complexity index is 193. The van der Waals surface area contributed by atoms with Gasteiger partial charge >= 0.3 is 6.03 Å². The molecule has 3 nitrogen and oxygen atoms in total. The van der Waals surface area contributed by atoms with Crippen LogP contribution in [0.5, 0.6) is 0 Å². The zero-order valence-electron chi connectivity index (χ0n) is 9.71. The van der Waals surface area contributed by atoms with Crippen molar-refractivity contribution in [1.29, 1.82) is 0 Å². The molecule has 2 amide bonds. The maximum absolute atomic E-state index is 11.5. The summed E-state index contributed by atoms with van der Waals surface area (Å²) in [6.07, 6.45) is 7.93. The molecule has 0 bridgehead atoms. The standard InChI is InChI=1S/C11H22N2OS/c1-9(7-8-15-2)12-11(14)13-10-5-3-4-6-10/h9-10H,3-8H2,1-2H3,(H2,12,13,14). The normalized spacial score (nSPS) is 18.8. The number of thioether (sulfide) groups is 1. The molecule has 1 saturated carbocycles. The van der Waals surface area contributed by atoms with E-state index < -0.39 is 0 Å². The fraction of sp³-hybridized carbons (Fsp3) is 0.909. The topological polar surface area (TPSA) is 41.1 Å². The minimum Gasteiger partial charge on any atom is -0.336 e. The molecular formula is C11H22N2OS. The van der Waals surface area contributed by atoms with E-state index in [1.54, 1.807) is 0 Å². The molecular weight excluding hydrogens is 208 g/mol. The minimum atomic E-state index is 0.00973. The van der Waals surface area contributed by atoms with E-state index >= 15 is 0 Å². The van der Waals surface area contributed by atoms with E-state index in [0.717, 1.165) is 25.0 Å². The van der Waals surface area contributed by atoms with Crippen molar-refractivity contribution in [3.05, 3.63) is 0 Å². The Labute approximate surface area is 96.8 Å². The van der Waals surface area contributed by atoms with E-state index in [-0.39, 0.29) is 12.1 Å². The number of carbonyl (C=O) groups is 1. The predicted octanol–water partition coefficient (Wildman–Crippen LogP) is 2.37. The lowest BCUT2D eigenvalue weighted by Gasteiger charge is -2.17. The molecule has 15 heavy (non-hydrogen) atoms. The third kappa shape index (κ3) is 5.30. The first-order valence-corrected chi connectivity index (χ1v) is 7.17. The lowest BCUT2D eigenvalue weighted by atomic mass is 10.2. The number of urea groups is 1. The number of carbonyl (C=O) groups excluding carboxylic acids is 1. The fourth-order valence-corrected chi connectivity index (χ4v) is 2.48. The second-order valence-corrected chi connectivity index (χ2v) is 5.27.